The molecule has 3 aromatic rings. The van der Waals surface area contributed by atoms with Gasteiger partial charge in [-0.1, -0.05) is 65.0 Å². The van der Waals surface area contributed by atoms with Gasteiger partial charge in [-0.15, -0.1) is 0 Å². The van der Waals surface area contributed by atoms with Crippen LogP contribution in [-0.2, 0) is 16.1 Å². The Bertz CT molecular complexity index is 1230. The number of aromatic nitrogens is 1. The van der Waals surface area contributed by atoms with Gasteiger partial charge in [-0.2, -0.15) is 0 Å². The van der Waals surface area contributed by atoms with Crippen molar-refractivity contribution < 1.29 is 19.4 Å². The van der Waals surface area contributed by atoms with Gasteiger partial charge in [0.15, 0.2) is 0 Å². The van der Waals surface area contributed by atoms with Crippen molar-refractivity contribution in [3.8, 4) is 5.75 Å². The average molecular weight is 460 g/mol. The second-order valence-corrected chi connectivity index (χ2v) is 9.65. The Morgan fingerprint density at radius 2 is 1.87 bits per heavy atom. The second kappa shape index (κ2) is 7.30. The number of thiazole rings is 1. The molecule has 30 heavy (non-hydrogen) atoms. The molecular formula is C21H14ClNO5S2. The molecule has 2 aliphatic rings. The Kier molecular flexibility index (Phi) is 4.72. The number of carboxylic acid groups (broad SMARTS) is 1. The molecule has 1 N–H and O–H groups in total. The lowest BCUT2D eigenvalue weighted by Gasteiger charge is -2.37. The van der Waals surface area contributed by atoms with Gasteiger partial charge in [-0.05, 0) is 23.8 Å². The van der Waals surface area contributed by atoms with Gasteiger partial charge in [0.25, 0.3) is 0 Å². The molecular weight excluding hydrogens is 446 g/mol. The zero-order valence-electron chi connectivity index (χ0n) is 15.3. The van der Waals surface area contributed by atoms with E-state index in [9.17, 15) is 19.5 Å². The lowest BCUT2D eigenvalue weighted by atomic mass is 9.80. The third-order valence-electron chi connectivity index (χ3n) is 5.31. The van der Waals surface area contributed by atoms with Crippen molar-refractivity contribution in [3.05, 3.63) is 79.2 Å². The van der Waals surface area contributed by atoms with Crippen LogP contribution in [0.1, 0.15) is 21.9 Å². The molecule has 0 unspecified atom stereocenters. The number of thioether (sulfide) groups is 1. The van der Waals surface area contributed by atoms with Gasteiger partial charge in [0.2, 0.25) is 0 Å². The summed E-state index contributed by atoms with van der Waals surface area (Å²) < 4.78 is 7.02. The summed E-state index contributed by atoms with van der Waals surface area (Å²) in [5.41, 5.74) is 1.61. The number of halogens is 1. The molecule has 0 bridgehead atoms. The molecule has 0 fully saturated rings. The van der Waals surface area contributed by atoms with E-state index >= 15 is 0 Å². The smallest absolute Gasteiger partial charge is 0.317 e. The van der Waals surface area contributed by atoms with E-state index in [0.29, 0.717) is 27.2 Å². The minimum atomic E-state index is -1.10. The number of rotatable bonds is 3. The molecule has 3 atom stereocenters. The van der Waals surface area contributed by atoms with Crippen LogP contribution in [0.5, 0.6) is 5.75 Å². The van der Waals surface area contributed by atoms with Crippen molar-refractivity contribution in [2.24, 2.45) is 5.92 Å². The fourth-order valence-electron chi connectivity index (χ4n) is 3.97. The number of carbonyl (C=O) groups is 2. The second-order valence-electron chi connectivity index (χ2n) is 7.09. The van der Waals surface area contributed by atoms with Gasteiger partial charge in [0.1, 0.15) is 11.0 Å². The van der Waals surface area contributed by atoms with Crippen LogP contribution in [-0.4, -0.2) is 26.9 Å². The summed E-state index contributed by atoms with van der Waals surface area (Å²) in [7, 11) is 0. The van der Waals surface area contributed by atoms with E-state index in [1.807, 2.05) is 24.3 Å². The third-order valence-corrected chi connectivity index (χ3v) is 8.17. The molecule has 2 aliphatic heterocycles. The molecule has 0 spiro atoms. The van der Waals surface area contributed by atoms with Crippen LogP contribution in [0.3, 0.4) is 0 Å². The molecule has 0 saturated heterocycles. The van der Waals surface area contributed by atoms with Crippen LogP contribution < -0.4 is 9.61 Å². The summed E-state index contributed by atoms with van der Waals surface area (Å²) in [6.07, 6.45) is 0. The minimum Gasteiger partial charge on any atom is -0.480 e. The summed E-state index contributed by atoms with van der Waals surface area (Å²) >= 11 is 8.06. The van der Waals surface area contributed by atoms with Crippen molar-refractivity contribution in [1.29, 1.82) is 0 Å². The maximum atomic E-state index is 12.9. The van der Waals surface area contributed by atoms with E-state index in [1.165, 1.54) is 0 Å². The fourth-order valence-corrected chi connectivity index (χ4v) is 6.75. The van der Waals surface area contributed by atoms with E-state index < -0.39 is 29.0 Å². The monoisotopic (exact) mass is 459 g/mol. The number of nitrogens with zero attached hydrogens (tertiary/aromatic N) is 1. The highest BCUT2D eigenvalue weighted by Crippen LogP contribution is 2.54. The number of ether oxygens (including phenoxy) is 1. The summed E-state index contributed by atoms with van der Waals surface area (Å²) in [5.74, 6) is -2.68. The summed E-state index contributed by atoms with van der Waals surface area (Å²) in [6.45, 7) is 0.296. The number of hydrogen-bond acceptors (Lipinski definition) is 6. The average Bonchev–Trinajstić information content (AvgIpc) is 3.04. The molecule has 152 valence electrons. The van der Waals surface area contributed by atoms with E-state index in [2.05, 4.69) is 0 Å². The van der Waals surface area contributed by atoms with Crippen LogP contribution in [0.4, 0.5) is 0 Å². The lowest BCUT2D eigenvalue weighted by Crippen LogP contribution is -2.44. The van der Waals surface area contributed by atoms with E-state index in [0.717, 1.165) is 34.2 Å². The minimum absolute atomic E-state index is 0.191. The highest BCUT2D eigenvalue weighted by molar-refractivity contribution is 8.00. The number of para-hydroxylation sites is 1. The number of aliphatic carboxylic acids is 1. The first-order chi connectivity index (χ1) is 14.4. The fraction of sp³-hybridized carbons (Fsp3) is 0.190. The number of benzene rings is 2. The SMILES string of the molecule is O=C1Oc2ccccc2[C@@H]2c3sc(=O)n(Cc4ccc(Cl)cc4)c3S[C@H](C(=O)O)[C@H]12. The first-order valence-electron chi connectivity index (χ1n) is 9.12. The maximum absolute atomic E-state index is 12.9. The normalized spacial score (nSPS) is 21.9. The highest BCUT2D eigenvalue weighted by Gasteiger charge is 2.52. The summed E-state index contributed by atoms with van der Waals surface area (Å²) in [5, 5.41) is 10.0. The summed E-state index contributed by atoms with van der Waals surface area (Å²) in [4.78, 5) is 38.2. The maximum Gasteiger partial charge on any atom is 0.317 e. The van der Waals surface area contributed by atoms with Crippen molar-refractivity contribution >= 4 is 46.6 Å². The van der Waals surface area contributed by atoms with Gasteiger partial charge in [-0.3, -0.25) is 19.0 Å². The van der Waals surface area contributed by atoms with E-state index in [-0.39, 0.29) is 4.87 Å². The van der Waals surface area contributed by atoms with E-state index in [1.54, 1.807) is 28.8 Å². The van der Waals surface area contributed by atoms with Crippen molar-refractivity contribution in [3.63, 3.8) is 0 Å². The van der Waals surface area contributed by atoms with Gasteiger partial charge < -0.3 is 9.84 Å². The van der Waals surface area contributed by atoms with Gasteiger partial charge in [-0.25, -0.2) is 0 Å². The van der Waals surface area contributed by atoms with Gasteiger partial charge in [0, 0.05) is 21.4 Å². The standard InChI is InChI=1S/C21H14ClNO5S2/c22-11-7-5-10(6-8-11)9-23-18-16(30-21(23)27)14-12-3-1-2-4-13(12)28-20(26)15(14)17(29-18)19(24)25/h1-8,14-15,17H,9H2,(H,24,25)/t14-,15+,17-/m0/s1. The topological polar surface area (TPSA) is 85.6 Å². The number of carbonyl (C=O) groups excluding carboxylic acids is 1. The Morgan fingerprint density at radius 3 is 2.60 bits per heavy atom. The van der Waals surface area contributed by atoms with Crippen LogP contribution in [0.25, 0.3) is 0 Å². The van der Waals surface area contributed by atoms with Crippen LogP contribution in [0.2, 0.25) is 5.02 Å². The van der Waals surface area contributed by atoms with E-state index in [4.69, 9.17) is 16.3 Å². The number of fused-ring (bicyclic) bond motifs is 5. The van der Waals surface area contributed by atoms with Gasteiger partial charge in [0.05, 0.1) is 17.5 Å². The molecule has 0 amide bonds. The molecule has 9 heteroatoms. The first-order valence-corrected chi connectivity index (χ1v) is 11.2. The first kappa shape index (κ1) is 19.4. The van der Waals surface area contributed by atoms with Crippen LogP contribution in [0, 0.1) is 5.92 Å². The molecule has 3 heterocycles. The van der Waals surface area contributed by atoms with Crippen molar-refractivity contribution in [2.75, 3.05) is 0 Å². The van der Waals surface area contributed by atoms with Crippen LogP contribution in [0.15, 0.2) is 58.4 Å². The third kappa shape index (κ3) is 3.07. The lowest BCUT2D eigenvalue weighted by molar-refractivity contribution is -0.147. The molecule has 0 aliphatic carbocycles. The Labute approximate surface area is 184 Å². The summed E-state index contributed by atoms with van der Waals surface area (Å²) in [6, 6.07) is 14.2. The number of esters is 1. The van der Waals surface area contributed by atoms with Crippen LogP contribution >= 0.6 is 34.7 Å². The quantitative estimate of drug-likeness (QED) is 0.473. The molecule has 0 radical (unpaired) electrons. The molecule has 2 aromatic carbocycles. The zero-order chi connectivity index (χ0) is 21.0. The Hall–Kier alpha value is -2.55. The number of hydrogen-bond donors (Lipinski definition) is 1. The van der Waals surface area contributed by atoms with Crippen molar-refractivity contribution in [1.82, 2.24) is 4.57 Å². The Balaban J connectivity index is 1.68. The van der Waals surface area contributed by atoms with Gasteiger partial charge >= 0.3 is 16.8 Å². The zero-order valence-corrected chi connectivity index (χ0v) is 17.7. The predicted molar refractivity (Wildman–Crippen MR) is 114 cm³/mol. The molecule has 0 saturated carbocycles. The number of carboxylic acids is 1. The highest BCUT2D eigenvalue weighted by atomic mass is 35.5. The van der Waals surface area contributed by atoms with Crippen molar-refractivity contribution in [2.45, 2.75) is 22.7 Å². The Morgan fingerprint density at radius 1 is 1.13 bits per heavy atom. The molecule has 6 nitrogen and oxygen atoms in total. The molecule has 1 aromatic heterocycles. The predicted octanol–water partition coefficient (Wildman–Crippen LogP) is 3.84. The molecule has 5 rings (SSSR count). The largest absolute Gasteiger partial charge is 0.480 e.